The van der Waals surface area contributed by atoms with Crippen LogP contribution in [0.15, 0.2) is 23.1 Å². The molecule has 0 spiro atoms. The van der Waals surface area contributed by atoms with E-state index in [2.05, 4.69) is 17.4 Å². The van der Waals surface area contributed by atoms with Crippen LogP contribution in [0.4, 0.5) is 13.2 Å². The predicted molar refractivity (Wildman–Crippen MR) is 50.4 cm³/mol. The van der Waals surface area contributed by atoms with Crippen LogP contribution < -0.4 is 4.74 Å². The Hall–Kier alpha value is -1.17. The van der Waals surface area contributed by atoms with Gasteiger partial charge < -0.3 is 4.74 Å². The Morgan fingerprint density at radius 2 is 2.00 bits per heavy atom. The minimum Gasteiger partial charge on any atom is -0.405 e. The van der Waals surface area contributed by atoms with Gasteiger partial charge in [-0.1, -0.05) is 0 Å². The molecular weight excluding hydrogens is 229 g/mol. The van der Waals surface area contributed by atoms with E-state index >= 15 is 0 Å². The summed E-state index contributed by atoms with van der Waals surface area (Å²) in [5.74, 6) is -1.02. The molecule has 0 aliphatic rings. The molecule has 0 N–H and O–H groups in total. The summed E-state index contributed by atoms with van der Waals surface area (Å²) in [5, 5.41) is 0. The molecule has 1 aromatic rings. The lowest BCUT2D eigenvalue weighted by Crippen LogP contribution is -2.18. The number of thiol groups is 1. The van der Waals surface area contributed by atoms with Crippen LogP contribution in [0, 0.1) is 0 Å². The molecule has 0 saturated heterocycles. The Balaban J connectivity index is 3.12. The number of alkyl halides is 3. The van der Waals surface area contributed by atoms with Crippen LogP contribution in [0.3, 0.4) is 0 Å². The fourth-order valence-corrected chi connectivity index (χ4v) is 1.21. The second-order valence-corrected chi connectivity index (χ2v) is 3.30. The van der Waals surface area contributed by atoms with E-state index < -0.39 is 17.9 Å². The summed E-state index contributed by atoms with van der Waals surface area (Å²) in [5.41, 5.74) is -0.139. The standard InChI is InChI=1S/C9H7F3O2S/c1-5(13)7-4-6(15)2-3-8(7)14-9(10,11)12/h2-4,15H,1H3. The molecule has 0 unspecified atom stereocenters. The average Bonchev–Trinajstić information content (AvgIpc) is 2.05. The van der Waals surface area contributed by atoms with Crippen LogP contribution in [0.5, 0.6) is 5.75 Å². The maximum Gasteiger partial charge on any atom is 0.573 e. The van der Waals surface area contributed by atoms with Crippen molar-refractivity contribution in [1.29, 1.82) is 0 Å². The quantitative estimate of drug-likeness (QED) is 0.631. The highest BCUT2D eigenvalue weighted by Gasteiger charge is 2.32. The predicted octanol–water partition coefficient (Wildman–Crippen LogP) is 3.08. The lowest BCUT2D eigenvalue weighted by atomic mass is 10.1. The molecule has 0 aromatic heterocycles. The molecule has 0 heterocycles. The van der Waals surface area contributed by atoms with Gasteiger partial charge in [0.1, 0.15) is 5.75 Å². The number of rotatable bonds is 2. The third-order valence-corrected chi connectivity index (χ3v) is 1.85. The van der Waals surface area contributed by atoms with Crippen LogP contribution in [-0.4, -0.2) is 12.1 Å². The van der Waals surface area contributed by atoms with Gasteiger partial charge in [-0.15, -0.1) is 25.8 Å². The molecule has 0 bridgehead atoms. The molecule has 0 aliphatic heterocycles. The molecule has 0 atom stereocenters. The summed E-state index contributed by atoms with van der Waals surface area (Å²) in [4.78, 5) is 11.4. The molecule has 15 heavy (non-hydrogen) atoms. The van der Waals surface area contributed by atoms with E-state index in [9.17, 15) is 18.0 Å². The summed E-state index contributed by atoms with van der Waals surface area (Å²) in [7, 11) is 0. The van der Waals surface area contributed by atoms with Crippen LogP contribution in [0.25, 0.3) is 0 Å². The zero-order valence-electron chi connectivity index (χ0n) is 7.63. The molecule has 2 nitrogen and oxygen atoms in total. The van der Waals surface area contributed by atoms with E-state index in [1.165, 1.54) is 12.1 Å². The highest BCUT2D eigenvalue weighted by molar-refractivity contribution is 7.80. The molecule has 0 aliphatic carbocycles. The minimum absolute atomic E-state index is 0.139. The van der Waals surface area contributed by atoms with Crippen molar-refractivity contribution in [1.82, 2.24) is 0 Å². The van der Waals surface area contributed by atoms with E-state index in [4.69, 9.17) is 0 Å². The van der Waals surface area contributed by atoms with Crippen molar-refractivity contribution >= 4 is 18.4 Å². The van der Waals surface area contributed by atoms with Gasteiger partial charge in [-0.25, -0.2) is 0 Å². The van der Waals surface area contributed by atoms with E-state index in [0.29, 0.717) is 4.90 Å². The van der Waals surface area contributed by atoms with E-state index in [0.717, 1.165) is 13.0 Å². The first-order valence-electron chi connectivity index (χ1n) is 3.89. The highest BCUT2D eigenvalue weighted by atomic mass is 32.1. The lowest BCUT2D eigenvalue weighted by Gasteiger charge is -2.11. The Labute approximate surface area is 89.5 Å². The van der Waals surface area contributed by atoms with Gasteiger partial charge in [0, 0.05) is 4.90 Å². The van der Waals surface area contributed by atoms with Gasteiger partial charge in [0.25, 0.3) is 0 Å². The molecule has 0 amide bonds. The van der Waals surface area contributed by atoms with Crippen molar-refractivity contribution < 1.29 is 22.7 Å². The Morgan fingerprint density at radius 1 is 1.40 bits per heavy atom. The van der Waals surface area contributed by atoms with Gasteiger partial charge in [0.15, 0.2) is 5.78 Å². The van der Waals surface area contributed by atoms with Crippen molar-refractivity contribution in [2.24, 2.45) is 0 Å². The topological polar surface area (TPSA) is 26.3 Å². The van der Waals surface area contributed by atoms with Gasteiger partial charge in [-0.05, 0) is 25.1 Å². The Bertz CT molecular complexity index is 387. The van der Waals surface area contributed by atoms with Crippen molar-refractivity contribution in [3.05, 3.63) is 23.8 Å². The zero-order valence-corrected chi connectivity index (χ0v) is 8.52. The summed E-state index contributed by atoms with van der Waals surface area (Å²) in [6.07, 6.45) is -4.80. The first-order chi connectivity index (χ1) is 6.79. The molecule has 6 heteroatoms. The molecule has 82 valence electrons. The normalized spacial score (nSPS) is 11.3. The summed E-state index contributed by atoms with van der Waals surface area (Å²) in [6, 6.07) is 3.61. The number of benzene rings is 1. The molecule has 1 aromatic carbocycles. The highest BCUT2D eigenvalue weighted by Crippen LogP contribution is 2.28. The van der Waals surface area contributed by atoms with Gasteiger partial charge in [0.2, 0.25) is 0 Å². The van der Waals surface area contributed by atoms with Gasteiger partial charge >= 0.3 is 6.36 Å². The van der Waals surface area contributed by atoms with E-state index in [1.807, 2.05) is 0 Å². The number of hydrogen-bond donors (Lipinski definition) is 1. The van der Waals surface area contributed by atoms with E-state index in [-0.39, 0.29) is 5.56 Å². The SMILES string of the molecule is CC(=O)c1cc(S)ccc1OC(F)(F)F. The number of halogens is 3. The number of ether oxygens (including phenoxy) is 1. The van der Waals surface area contributed by atoms with Crippen LogP contribution in [0.1, 0.15) is 17.3 Å². The van der Waals surface area contributed by atoms with Gasteiger partial charge in [0.05, 0.1) is 5.56 Å². The largest absolute Gasteiger partial charge is 0.573 e. The minimum atomic E-state index is -4.80. The van der Waals surface area contributed by atoms with Crippen molar-refractivity contribution in [2.45, 2.75) is 18.2 Å². The maximum absolute atomic E-state index is 11.9. The van der Waals surface area contributed by atoms with Gasteiger partial charge in [-0.2, -0.15) is 0 Å². The lowest BCUT2D eigenvalue weighted by molar-refractivity contribution is -0.274. The number of carbonyl (C=O) groups excluding carboxylic acids is 1. The molecule has 1 rings (SSSR count). The average molecular weight is 236 g/mol. The summed E-state index contributed by atoms with van der Waals surface area (Å²) >= 11 is 3.92. The van der Waals surface area contributed by atoms with Crippen LogP contribution in [0.2, 0.25) is 0 Å². The van der Waals surface area contributed by atoms with Crippen LogP contribution >= 0.6 is 12.6 Å². The zero-order chi connectivity index (χ0) is 11.6. The second kappa shape index (κ2) is 4.14. The van der Waals surface area contributed by atoms with Crippen LogP contribution in [-0.2, 0) is 0 Å². The number of ketones is 1. The second-order valence-electron chi connectivity index (χ2n) is 2.78. The molecule has 0 fully saturated rings. The smallest absolute Gasteiger partial charge is 0.405 e. The molecule has 0 radical (unpaired) electrons. The van der Waals surface area contributed by atoms with Crippen molar-refractivity contribution in [3.8, 4) is 5.75 Å². The van der Waals surface area contributed by atoms with Crippen molar-refractivity contribution in [2.75, 3.05) is 0 Å². The number of hydrogen-bond acceptors (Lipinski definition) is 3. The fraction of sp³-hybridized carbons (Fsp3) is 0.222. The van der Waals surface area contributed by atoms with E-state index in [1.54, 1.807) is 0 Å². The van der Waals surface area contributed by atoms with Crippen molar-refractivity contribution in [3.63, 3.8) is 0 Å². The first-order valence-corrected chi connectivity index (χ1v) is 4.34. The number of Topliss-reactive ketones (excluding diaryl/α,β-unsaturated/α-hetero) is 1. The first kappa shape index (κ1) is 11.9. The third kappa shape index (κ3) is 3.47. The Morgan fingerprint density at radius 3 is 2.47 bits per heavy atom. The molecular formula is C9H7F3O2S. The fourth-order valence-electron chi connectivity index (χ4n) is 1.01. The maximum atomic E-state index is 11.9. The van der Waals surface area contributed by atoms with Gasteiger partial charge in [-0.3, -0.25) is 4.79 Å². The summed E-state index contributed by atoms with van der Waals surface area (Å²) in [6.45, 7) is 1.16. The monoisotopic (exact) mass is 236 g/mol. The Kier molecular flexibility index (Phi) is 3.28. The summed E-state index contributed by atoms with van der Waals surface area (Å²) < 4.78 is 39.5. The third-order valence-electron chi connectivity index (χ3n) is 1.57. The number of carbonyl (C=O) groups is 1. The molecule has 0 saturated carbocycles.